The lowest BCUT2D eigenvalue weighted by Gasteiger charge is -2.41. The summed E-state index contributed by atoms with van der Waals surface area (Å²) in [4.78, 5) is 12.5. The van der Waals surface area contributed by atoms with Gasteiger partial charge in [0, 0.05) is 24.7 Å². The first-order chi connectivity index (χ1) is 8.92. The van der Waals surface area contributed by atoms with Crippen LogP contribution in [0.15, 0.2) is 24.3 Å². The molecule has 5 heteroatoms. The van der Waals surface area contributed by atoms with Crippen molar-refractivity contribution in [2.75, 3.05) is 13.1 Å². The number of nitro benzene ring substituents is 1. The number of piperidine rings is 1. The van der Waals surface area contributed by atoms with Crippen LogP contribution in [0, 0.1) is 10.1 Å². The molecule has 0 spiro atoms. The third-order valence-electron chi connectivity index (χ3n) is 3.85. The fourth-order valence-electron chi connectivity index (χ4n) is 2.64. The van der Waals surface area contributed by atoms with Gasteiger partial charge in [-0.1, -0.05) is 0 Å². The number of likely N-dealkylation sites (tertiary alicyclic amines) is 1. The molecule has 0 amide bonds. The second kappa shape index (κ2) is 5.27. The van der Waals surface area contributed by atoms with Gasteiger partial charge >= 0.3 is 0 Å². The lowest BCUT2D eigenvalue weighted by atomic mass is 9.85. The number of aliphatic hydroxyl groups is 1. The van der Waals surface area contributed by atoms with E-state index in [0.717, 1.165) is 18.5 Å². The SMILES string of the molecule is CC(C)N1CCCC(O)(c2ccc([N+](=O)[O-])cc2)C1. The van der Waals surface area contributed by atoms with E-state index in [2.05, 4.69) is 18.7 Å². The third-order valence-corrected chi connectivity index (χ3v) is 3.85. The molecule has 0 radical (unpaired) electrons. The van der Waals surface area contributed by atoms with Crippen molar-refractivity contribution in [1.29, 1.82) is 0 Å². The first kappa shape index (κ1) is 14.0. The number of benzene rings is 1. The minimum atomic E-state index is -0.891. The molecule has 0 aromatic heterocycles. The Hall–Kier alpha value is -1.46. The summed E-state index contributed by atoms with van der Waals surface area (Å²) >= 11 is 0. The highest BCUT2D eigenvalue weighted by atomic mass is 16.6. The molecular weight excluding hydrogens is 244 g/mol. The highest BCUT2D eigenvalue weighted by Gasteiger charge is 2.35. The molecule has 19 heavy (non-hydrogen) atoms. The lowest BCUT2D eigenvalue weighted by Crippen LogP contribution is -2.48. The van der Waals surface area contributed by atoms with Gasteiger partial charge in [0.1, 0.15) is 5.60 Å². The first-order valence-corrected chi connectivity index (χ1v) is 6.64. The Kier molecular flexibility index (Phi) is 3.87. The molecule has 0 aliphatic carbocycles. The molecule has 1 aromatic carbocycles. The van der Waals surface area contributed by atoms with E-state index in [9.17, 15) is 15.2 Å². The Morgan fingerprint density at radius 1 is 1.37 bits per heavy atom. The average molecular weight is 264 g/mol. The van der Waals surface area contributed by atoms with Crippen molar-refractivity contribution < 1.29 is 10.0 Å². The number of nitrogens with zero attached hydrogens (tertiary/aromatic N) is 2. The monoisotopic (exact) mass is 264 g/mol. The fraction of sp³-hybridized carbons (Fsp3) is 0.571. The van der Waals surface area contributed by atoms with Gasteiger partial charge in [-0.2, -0.15) is 0 Å². The Labute approximate surface area is 113 Å². The van der Waals surface area contributed by atoms with Crippen LogP contribution in [0.4, 0.5) is 5.69 Å². The van der Waals surface area contributed by atoms with Gasteiger partial charge < -0.3 is 5.11 Å². The van der Waals surface area contributed by atoms with Crippen LogP contribution in [0.25, 0.3) is 0 Å². The maximum Gasteiger partial charge on any atom is 0.269 e. The van der Waals surface area contributed by atoms with E-state index in [4.69, 9.17) is 0 Å². The second-order valence-corrected chi connectivity index (χ2v) is 5.50. The van der Waals surface area contributed by atoms with Crippen LogP contribution in [0.1, 0.15) is 32.3 Å². The second-order valence-electron chi connectivity index (χ2n) is 5.50. The highest BCUT2D eigenvalue weighted by molar-refractivity contribution is 5.35. The van der Waals surface area contributed by atoms with Crippen LogP contribution in [-0.2, 0) is 5.60 Å². The van der Waals surface area contributed by atoms with Crippen molar-refractivity contribution in [2.24, 2.45) is 0 Å². The normalized spacial score (nSPS) is 24.6. The summed E-state index contributed by atoms with van der Waals surface area (Å²) < 4.78 is 0. The van der Waals surface area contributed by atoms with Gasteiger partial charge in [0.2, 0.25) is 0 Å². The van der Waals surface area contributed by atoms with Gasteiger partial charge in [-0.15, -0.1) is 0 Å². The molecule has 5 nitrogen and oxygen atoms in total. The van der Waals surface area contributed by atoms with Crippen LogP contribution in [0.3, 0.4) is 0 Å². The summed E-state index contributed by atoms with van der Waals surface area (Å²) in [7, 11) is 0. The zero-order chi connectivity index (χ0) is 14.0. The summed E-state index contributed by atoms with van der Waals surface area (Å²) in [6.07, 6.45) is 1.64. The topological polar surface area (TPSA) is 66.6 Å². The van der Waals surface area contributed by atoms with E-state index in [1.54, 1.807) is 12.1 Å². The van der Waals surface area contributed by atoms with Gasteiger partial charge in [0.25, 0.3) is 5.69 Å². The van der Waals surface area contributed by atoms with E-state index in [1.807, 2.05) is 0 Å². The zero-order valence-electron chi connectivity index (χ0n) is 11.4. The Morgan fingerprint density at radius 2 is 2.00 bits per heavy atom. The zero-order valence-corrected chi connectivity index (χ0v) is 11.4. The van der Waals surface area contributed by atoms with Crippen molar-refractivity contribution in [3.05, 3.63) is 39.9 Å². The number of rotatable bonds is 3. The van der Waals surface area contributed by atoms with E-state index in [1.165, 1.54) is 12.1 Å². The number of non-ortho nitro benzene ring substituents is 1. The molecule has 2 rings (SSSR count). The van der Waals surface area contributed by atoms with E-state index >= 15 is 0 Å². The van der Waals surface area contributed by atoms with Crippen LogP contribution in [0.5, 0.6) is 0 Å². The standard InChI is InChI=1S/C14H20N2O3/c1-11(2)15-9-3-8-14(17,10-15)12-4-6-13(7-5-12)16(18)19/h4-7,11,17H,3,8-10H2,1-2H3. The summed E-state index contributed by atoms with van der Waals surface area (Å²) in [6.45, 7) is 5.80. The predicted octanol–water partition coefficient (Wildman–Crippen LogP) is 2.29. The van der Waals surface area contributed by atoms with Crippen molar-refractivity contribution in [2.45, 2.75) is 38.3 Å². The number of β-amino-alcohol motifs (C(OH)–C–C–N with tert-alkyl or cyclic N) is 1. The van der Waals surface area contributed by atoms with Crippen molar-refractivity contribution >= 4 is 5.69 Å². The number of hydrogen-bond donors (Lipinski definition) is 1. The highest BCUT2D eigenvalue weighted by Crippen LogP contribution is 2.33. The largest absolute Gasteiger partial charge is 0.384 e. The van der Waals surface area contributed by atoms with Crippen LogP contribution >= 0.6 is 0 Å². The molecule has 1 saturated heterocycles. The smallest absolute Gasteiger partial charge is 0.269 e. The van der Waals surface area contributed by atoms with Gasteiger partial charge in [0.15, 0.2) is 0 Å². The van der Waals surface area contributed by atoms with E-state index in [-0.39, 0.29) is 5.69 Å². The minimum Gasteiger partial charge on any atom is -0.384 e. The maximum atomic E-state index is 10.8. The molecule has 1 unspecified atom stereocenters. The van der Waals surface area contributed by atoms with Crippen LogP contribution in [0.2, 0.25) is 0 Å². The van der Waals surface area contributed by atoms with Crippen molar-refractivity contribution in [3.8, 4) is 0 Å². The lowest BCUT2D eigenvalue weighted by molar-refractivity contribution is -0.384. The molecule has 1 fully saturated rings. The first-order valence-electron chi connectivity index (χ1n) is 6.64. The molecule has 1 aliphatic heterocycles. The summed E-state index contributed by atoms with van der Waals surface area (Å²) in [5.41, 5.74) is -0.0650. The van der Waals surface area contributed by atoms with Gasteiger partial charge in [-0.3, -0.25) is 15.0 Å². The molecule has 0 saturated carbocycles. The molecule has 1 aliphatic rings. The Balaban J connectivity index is 2.21. The fourth-order valence-corrected chi connectivity index (χ4v) is 2.64. The average Bonchev–Trinajstić information content (AvgIpc) is 2.39. The minimum absolute atomic E-state index is 0.0591. The predicted molar refractivity (Wildman–Crippen MR) is 72.9 cm³/mol. The Morgan fingerprint density at radius 3 is 2.53 bits per heavy atom. The molecule has 0 bridgehead atoms. The quantitative estimate of drug-likeness (QED) is 0.672. The summed E-state index contributed by atoms with van der Waals surface area (Å²) in [5, 5.41) is 21.4. The maximum absolute atomic E-state index is 10.8. The van der Waals surface area contributed by atoms with E-state index < -0.39 is 10.5 Å². The van der Waals surface area contributed by atoms with Crippen molar-refractivity contribution in [3.63, 3.8) is 0 Å². The Bertz CT molecular complexity index is 458. The van der Waals surface area contributed by atoms with Crippen LogP contribution in [-0.4, -0.2) is 34.1 Å². The van der Waals surface area contributed by atoms with Crippen LogP contribution < -0.4 is 0 Å². The van der Waals surface area contributed by atoms with Gasteiger partial charge in [0.05, 0.1) is 4.92 Å². The van der Waals surface area contributed by atoms with Gasteiger partial charge in [-0.05, 0) is 50.9 Å². The molecule has 1 atom stereocenters. The summed E-state index contributed by atoms with van der Waals surface area (Å²) in [5.74, 6) is 0. The van der Waals surface area contributed by atoms with Crippen molar-refractivity contribution in [1.82, 2.24) is 4.90 Å². The molecule has 1 N–H and O–H groups in total. The summed E-state index contributed by atoms with van der Waals surface area (Å²) in [6, 6.07) is 6.65. The van der Waals surface area contributed by atoms with E-state index in [0.29, 0.717) is 19.0 Å². The molecular formula is C14H20N2O3. The molecule has 104 valence electrons. The molecule has 1 heterocycles. The molecule has 1 aromatic rings. The van der Waals surface area contributed by atoms with Gasteiger partial charge in [-0.25, -0.2) is 0 Å². The number of nitro groups is 1. The third kappa shape index (κ3) is 2.93. The number of hydrogen-bond acceptors (Lipinski definition) is 4.